The summed E-state index contributed by atoms with van der Waals surface area (Å²) in [6.07, 6.45) is 1.70. The highest BCUT2D eigenvalue weighted by atomic mass is 16.5. The molecule has 0 aliphatic carbocycles. The molecule has 1 unspecified atom stereocenters. The van der Waals surface area contributed by atoms with E-state index in [4.69, 9.17) is 9.47 Å². The van der Waals surface area contributed by atoms with Gasteiger partial charge in [-0.15, -0.1) is 0 Å². The third-order valence-electron chi connectivity index (χ3n) is 3.14. The van der Waals surface area contributed by atoms with E-state index in [2.05, 4.69) is 4.90 Å². The quantitative estimate of drug-likeness (QED) is 0.681. The minimum absolute atomic E-state index is 0.100. The molecule has 1 fully saturated rings. The molecule has 1 N–H and O–H groups in total. The first kappa shape index (κ1) is 12.9. The van der Waals surface area contributed by atoms with Crippen molar-refractivity contribution in [3.63, 3.8) is 0 Å². The van der Waals surface area contributed by atoms with Gasteiger partial charge in [-0.25, -0.2) is 0 Å². The summed E-state index contributed by atoms with van der Waals surface area (Å²) in [4.78, 5) is 2.16. The summed E-state index contributed by atoms with van der Waals surface area (Å²) in [5, 5.41) is 10.2. The third-order valence-corrected chi connectivity index (χ3v) is 3.14. The Morgan fingerprint density at radius 1 is 1.60 bits per heavy atom. The van der Waals surface area contributed by atoms with Gasteiger partial charge < -0.3 is 14.6 Å². The number of aliphatic hydroxyl groups is 1. The minimum Gasteiger partial charge on any atom is -0.388 e. The average molecular weight is 217 g/mol. The number of hydrogen-bond acceptors (Lipinski definition) is 4. The van der Waals surface area contributed by atoms with Crippen LogP contribution in [0, 0.1) is 0 Å². The van der Waals surface area contributed by atoms with E-state index >= 15 is 0 Å². The lowest BCUT2D eigenvalue weighted by atomic mass is 9.90. The smallest absolute Gasteiger partial charge is 0.0818 e. The Morgan fingerprint density at radius 3 is 2.93 bits per heavy atom. The van der Waals surface area contributed by atoms with Crippen LogP contribution >= 0.6 is 0 Å². The average Bonchev–Trinajstić information content (AvgIpc) is 2.17. The Labute approximate surface area is 92.2 Å². The van der Waals surface area contributed by atoms with Crippen LogP contribution in [-0.2, 0) is 9.47 Å². The topological polar surface area (TPSA) is 41.9 Å². The fourth-order valence-electron chi connectivity index (χ4n) is 2.04. The molecule has 0 bridgehead atoms. The van der Waals surface area contributed by atoms with E-state index in [1.54, 1.807) is 7.11 Å². The van der Waals surface area contributed by atoms with Crippen molar-refractivity contribution < 1.29 is 14.6 Å². The number of nitrogens with zero attached hydrogens (tertiary/aromatic N) is 1. The van der Waals surface area contributed by atoms with E-state index in [0.29, 0.717) is 19.6 Å². The second kappa shape index (κ2) is 5.80. The number of rotatable bonds is 5. The highest BCUT2D eigenvalue weighted by Gasteiger charge is 2.37. The SMILES string of the molecule is COCCCN(C)C1COCC[C@]1(C)O. The molecule has 0 aromatic carbocycles. The fraction of sp³-hybridized carbons (Fsp3) is 1.00. The zero-order valence-electron chi connectivity index (χ0n) is 10.0. The maximum absolute atomic E-state index is 10.2. The molecule has 1 saturated heterocycles. The van der Waals surface area contributed by atoms with Crippen LogP contribution in [0.2, 0.25) is 0 Å². The van der Waals surface area contributed by atoms with Crippen molar-refractivity contribution in [3.8, 4) is 0 Å². The van der Waals surface area contributed by atoms with Gasteiger partial charge in [0, 0.05) is 33.3 Å². The van der Waals surface area contributed by atoms with Crippen molar-refractivity contribution >= 4 is 0 Å². The van der Waals surface area contributed by atoms with Gasteiger partial charge in [-0.05, 0) is 20.4 Å². The van der Waals surface area contributed by atoms with E-state index in [1.165, 1.54) is 0 Å². The van der Waals surface area contributed by atoms with Gasteiger partial charge in [-0.1, -0.05) is 0 Å². The van der Waals surface area contributed by atoms with Gasteiger partial charge in [0.2, 0.25) is 0 Å². The summed E-state index contributed by atoms with van der Waals surface area (Å²) in [6, 6.07) is 0.100. The predicted octanol–water partition coefficient (Wildman–Crippen LogP) is 0.495. The molecular formula is C11H23NO3. The van der Waals surface area contributed by atoms with E-state index in [0.717, 1.165) is 19.6 Å². The van der Waals surface area contributed by atoms with Gasteiger partial charge in [-0.3, -0.25) is 4.90 Å². The monoisotopic (exact) mass is 217 g/mol. The Hall–Kier alpha value is -0.160. The third kappa shape index (κ3) is 3.72. The predicted molar refractivity (Wildman–Crippen MR) is 59.0 cm³/mol. The van der Waals surface area contributed by atoms with Gasteiger partial charge in [0.25, 0.3) is 0 Å². The molecule has 1 aliphatic heterocycles. The van der Waals surface area contributed by atoms with Crippen molar-refractivity contribution in [2.24, 2.45) is 0 Å². The molecule has 0 amide bonds. The van der Waals surface area contributed by atoms with Crippen molar-refractivity contribution in [2.45, 2.75) is 31.4 Å². The van der Waals surface area contributed by atoms with Gasteiger partial charge >= 0.3 is 0 Å². The number of ether oxygens (including phenoxy) is 2. The second-order valence-electron chi connectivity index (χ2n) is 4.52. The molecule has 0 aromatic rings. The maximum atomic E-state index is 10.2. The molecule has 1 rings (SSSR count). The Bertz CT molecular complexity index is 185. The molecule has 15 heavy (non-hydrogen) atoms. The van der Waals surface area contributed by atoms with Crippen molar-refractivity contribution in [1.29, 1.82) is 0 Å². The van der Waals surface area contributed by atoms with Crippen LogP contribution < -0.4 is 0 Å². The first-order valence-corrected chi connectivity index (χ1v) is 5.57. The molecule has 0 aromatic heterocycles. The molecule has 4 nitrogen and oxygen atoms in total. The summed E-state index contributed by atoms with van der Waals surface area (Å²) in [6.45, 7) is 4.87. The molecule has 2 atom stereocenters. The van der Waals surface area contributed by atoms with Gasteiger partial charge in [0.15, 0.2) is 0 Å². The van der Waals surface area contributed by atoms with Crippen LogP contribution in [0.25, 0.3) is 0 Å². The van der Waals surface area contributed by atoms with Crippen molar-refractivity contribution in [1.82, 2.24) is 4.90 Å². The molecular weight excluding hydrogens is 194 g/mol. The molecule has 4 heteroatoms. The van der Waals surface area contributed by atoms with Gasteiger partial charge in [0.05, 0.1) is 18.2 Å². The largest absolute Gasteiger partial charge is 0.388 e. The highest BCUT2D eigenvalue weighted by molar-refractivity contribution is 4.91. The lowest BCUT2D eigenvalue weighted by molar-refractivity contribution is -0.114. The maximum Gasteiger partial charge on any atom is 0.0818 e. The van der Waals surface area contributed by atoms with E-state index in [1.807, 2.05) is 14.0 Å². The zero-order valence-corrected chi connectivity index (χ0v) is 10.0. The normalized spacial score (nSPS) is 32.2. The van der Waals surface area contributed by atoms with Crippen molar-refractivity contribution in [3.05, 3.63) is 0 Å². The Morgan fingerprint density at radius 2 is 2.33 bits per heavy atom. The summed E-state index contributed by atoms with van der Waals surface area (Å²) < 4.78 is 10.4. The van der Waals surface area contributed by atoms with Crippen LogP contribution in [0.4, 0.5) is 0 Å². The van der Waals surface area contributed by atoms with E-state index < -0.39 is 5.60 Å². The first-order valence-electron chi connectivity index (χ1n) is 5.57. The standard InChI is InChI=1S/C11H23NO3/c1-11(13)5-8-15-9-10(11)12(2)6-4-7-14-3/h10,13H,4-9H2,1-3H3/t10?,11-/m0/s1. The Balaban J connectivity index is 2.38. The lowest BCUT2D eigenvalue weighted by Gasteiger charge is -2.42. The van der Waals surface area contributed by atoms with Crippen LogP contribution in [-0.4, -0.2) is 62.2 Å². The summed E-state index contributed by atoms with van der Waals surface area (Å²) in [5.41, 5.74) is -0.625. The molecule has 90 valence electrons. The lowest BCUT2D eigenvalue weighted by Crippen LogP contribution is -2.55. The first-order chi connectivity index (χ1) is 7.08. The molecule has 1 aliphatic rings. The minimum atomic E-state index is -0.625. The molecule has 0 spiro atoms. The summed E-state index contributed by atoms with van der Waals surface area (Å²) >= 11 is 0. The van der Waals surface area contributed by atoms with Gasteiger partial charge in [0.1, 0.15) is 0 Å². The Kier molecular flexibility index (Phi) is 4.99. The van der Waals surface area contributed by atoms with Gasteiger partial charge in [-0.2, -0.15) is 0 Å². The summed E-state index contributed by atoms with van der Waals surface area (Å²) in [5.74, 6) is 0. The molecule has 0 saturated carbocycles. The van der Waals surface area contributed by atoms with E-state index in [-0.39, 0.29) is 6.04 Å². The number of likely N-dealkylation sites (N-methyl/N-ethyl adjacent to an activating group) is 1. The highest BCUT2D eigenvalue weighted by Crippen LogP contribution is 2.23. The van der Waals surface area contributed by atoms with Crippen LogP contribution in [0.3, 0.4) is 0 Å². The second-order valence-corrected chi connectivity index (χ2v) is 4.52. The van der Waals surface area contributed by atoms with E-state index in [9.17, 15) is 5.11 Å². The van der Waals surface area contributed by atoms with Crippen LogP contribution in [0.1, 0.15) is 19.8 Å². The summed E-state index contributed by atoms with van der Waals surface area (Å²) in [7, 11) is 3.74. The number of hydrogen-bond donors (Lipinski definition) is 1. The fourth-order valence-corrected chi connectivity index (χ4v) is 2.04. The van der Waals surface area contributed by atoms with Crippen LogP contribution in [0.5, 0.6) is 0 Å². The van der Waals surface area contributed by atoms with Crippen molar-refractivity contribution in [2.75, 3.05) is 40.5 Å². The molecule has 0 radical (unpaired) electrons. The number of methoxy groups -OCH3 is 1. The zero-order chi connectivity index (χ0) is 11.3. The molecule has 1 heterocycles. The van der Waals surface area contributed by atoms with Crippen LogP contribution in [0.15, 0.2) is 0 Å².